The van der Waals surface area contributed by atoms with Gasteiger partial charge in [-0.15, -0.1) is 11.3 Å². The van der Waals surface area contributed by atoms with E-state index in [0.717, 1.165) is 23.1 Å². The van der Waals surface area contributed by atoms with Crippen molar-refractivity contribution in [1.82, 2.24) is 9.97 Å². The van der Waals surface area contributed by atoms with Gasteiger partial charge < -0.3 is 10.5 Å². The lowest BCUT2D eigenvalue weighted by atomic mass is 9.89. The molecule has 0 fully saturated rings. The molecule has 0 radical (unpaired) electrons. The molecule has 2 heterocycles. The quantitative estimate of drug-likeness (QED) is 0.789. The Balaban J connectivity index is 1.73. The van der Waals surface area contributed by atoms with Gasteiger partial charge in [-0.3, -0.25) is 4.79 Å². The van der Waals surface area contributed by atoms with Crippen LogP contribution >= 0.6 is 11.3 Å². The Kier molecular flexibility index (Phi) is 3.69. The molecule has 1 aliphatic rings. The summed E-state index contributed by atoms with van der Waals surface area (Å²) in [5.74, 6) is 1.47. The zero-order valence-electron chi connectivity index (χ0n) is 13.3. The molecule has 3 aromatic rings. The van der Waals surface area contributed by atoms with Crippen LogP contribution in [0.5, 0.6) is 11.6 Å². The molecule has 2 N–H and O–H groups in total. The van der Waals surface area contributed by atoms with Crippen molar-refractivity contribution in [3.8, 4) is 11.6 Å². The number of primary amides is 1. The number of ether oxygens (including phenoxy) is 1. The molecule has 2 aromatic heterocycles. The highest BCUT2D eigenvalue weighted by Gasteiger charge is 2.23. The summed E-state index contributed by atoms with van der Waals surface area (Å²) in [6.45, 7) is 2.29. The number of benzene rings is 1. The summed E-state index contributed by atoms with van der Waals surface area (Å²) in [4.78, 5) is 22.3. The third-order valence-corrected chi connectivity index (χ3v) is 5.57. The van der Waals surface area contributed by atoms with Crippen LogP contribution < -0.4 is 10.5 Å². The summed E-state index contributed by atoms with van der Waals surface area (Å²) in [5.41, 5.74) is 7.05. The van der Waals surface area contributed by atoms with E-state index in [9.17, 15) is 4.79 Å². The number of aromatic nitrogens is 2. The summed E-state index contributed by atoms with van der Waals surface area (Å²) in [5, 5.41) is 1.03. The molecule has 0 saturated heterocycles. The van der Waals surface area contributed by atoms with Gasteiger partial charge in [0.05, 0.1) is 5.39 Å². The molecule has 24 heavy (non-hydrogen) atoms. The Labute approximate surface area is 143 Å². The van der Waals surface area contributed by atoms with Gasteiger partial charge in [0.2, 0.25) is 11.8 Å². The number of carbonyl (C=O) groups excluding carboxylic acids is 1. The number of rotatable bonds is 3. The van der Waals surface area contributed by atoms with E-state index in [0.29, 0.717) is 23.1 Å². The van der Waals surface area contributed by atoms with Crippen LogP contribution in [0.2, 0.25) is 0 Å². The van der Waals surface area contributed by atoms with Crippen molar-refractivity contribution >= 4 is 27.5 Å². The fourth-order valence-corrected chi connectivity index (χ4v) is 4.46. The minimum Gasteiger partial charge on any atom is -0.438 e. The van der Waals surface area contributed by atoms with Crippen molar-refractivity contribution in [2.24, 2.45) is 11.7 Å². The van der Waals surface area contributed by atoms with Gasteiger partial charge in [-0.05, 0) is 55.0 Å². The van der Waals surface area contributed by atoms with Crippen molar-refractivity contribution < 1.29 is 9.53 Å². The van der Waals surface area contributed by atoms with Crippen LogP contribution in [0.25, 0.3) is 10.2 Å². The minimum atomic E-state index is -0.452. The van der Waals surface area contributed by atoms with Gasteiger partial charge in [0.25, 0.3) is 0 Å². The maximum atomic E-state index is 11.2. The van der Waals surface area contributed by atoms with Crippen LogP contribution in [-0.4, -0.2) is 15.9 Å². The summed E-state index contributed by atoms with van der Waals surface area (Å²) >= 11 is 1.74. The lowest BCUT2D eigenvalue weighted by Crippen LogP contribution is -2.10. The molecule has 4 rings (SSSR count). The highest BCUT2D eigenvalue weighted by molar-refractivity contribution is 7.18. The van der Waals surface area contributed by atoms with Crippen LogP contribution in [0.1, 0.15) is 34.1 Å². The maximum Gasteiger partial charge on any atom is 0.248 e. The molecule has 6 heteroatoms. The summed E-state index contributed by atoms with van der Waals surface area (Å²) in [7, 11) is 0. The molecular weight excluding hydrogens is 322 g/mol. The van der Waals surface area contributed by atoms with Gasteiger partial charge in [0, 0.05) is 10.4 Å². The molecule has 1 aliphatic carbocycles. The SMILES string of the molecule is C[C@@H]1CCc2c(sc3ncnc(Oc4ccc(C(N)=O)cc4)c23)C1. The Morgan fingerprint density at radius 2 is 2.08 bits per heavy atom. The molecule has 0 unspecified atom stereocenters. The van der Waals surface area contributed by atoms with E-state index in [2.05, 4.69) is 16.9 Å². The second kappa shape index (κ2) is 5.87. The van der Waals surface area contributed by atoms with E-state index >= 15 is 0 Å². The zero-order valence-corrected chi connectivity index (χ0v) is 14.1. The third-order valence-electron chi connectivity index (χ3n) is 4.41. The number of amides is 1. The first-order valence-corrected chi connectivity index (χ1v) is 8.76. The predicted molar refractivity (Wildman–Crippen MR) is 93.6 cm³/mol. The van der Waals surface area contributed by atoms with Gasteiger partial charge in [-0.1, -0.05) is 6.92 Å². The van der Waals surface area contributed by atoms with Crippen LogP contribution in [-0.2, 0) is 12.8 Å². The first kappa shape index (κ1) is 15.1. The van der Waals surface area contributed by atoms with E-state index < -0.39 is 5.91 Å². The maximum absolute atomic E-state index is 11.2. The highest BCUT2D eigenvalue weighted by atomic mass is 32.1. The van der Waals surface area contributed by atoms with Gasteiger partial charge in [0.1, 0.15) is 16.9 Å². The van der Waals surface area contributed by atoms with Gasteiger partial charge in [0.15, 0.2) is 0 Å². The average Bonchev–Trinajstić information content (AvgIpc) is 2.93. The van der Waals surface area contributed by atoms with E-state index in [1.807, 2.05) is 0 Å². The number of fused-ring (bicyclic) bond motifs is 3. The molecule has 1 aromatic carbocycles. The summed E-state index contributed by atoms with van der Waals surface area (Å²) in [6.07, 6.45) is 4.87. The normalized spacial score (nSPS) is 16.8. The van der Waals surface area contributed by atoms with E-state index in [4.69, 9.17) is 10.5 Å². The van der Waals surface area contributed by atoms with E-state index in [1.54, 1.807) is 41.9 Å². The topological polar surface area (TPSA) is 78.1 Å². The number of aryl methyl sites for hydroxylation is 1. The number of nitrogens with two attached hydrogens (primary N) is 1. The smallest absolute Gasteiger partial charge is 0.248 e. The largest absolute Gasteiger partial charge is 0.438 e. The number of hydrogen-bond acceptors (Lipinski definition) is 5. The van der Waals surface area contributed by atoms with Crippen molar-refractivity contribution in [3.63, 3.8) is 0 Å². The van der Waals surface area contributed by atoms with E-state index in [-0.39, 0.29) is 0 Å². The number of carbonyl (C=O) groups is 1. The Hall–Kier alpha value is -2.47. The first-order chi connectivity index (χ1) is 11.6. The van der Waals surface area contributed by atoms with Crippen molar-refractivity contribution in [3.05, 3.63) is 46.6 Å². The molecule has 0 bridgehead atoms. The summed E-state index contributed by atoms with van der Waals surface area (Å²) < 4.78 is 5.98. The second-order valence-corrected chi connectivity index (χ2v) is 7.29. The Morgan fingerprint density at radius 1 is 1.29 bits per heavy atom. The molecule has 122 valence electrons. The number of hydrogen-bond donors (Lipinski definition) is 1. The van der Waals surface area contributed by atoms with Gasteiger partial charge in [-0.25, -0.2) is 9.97 Å². The average molecular weight is 339 g/mol. The fraction of sp³-hybridized carbons (Fsp3) is 0.278. The third kappa shape index (κ3) is 2.63. The van der Waals surface area contributed by atoms with Crippen LogP contribution in [0.15, 0.2) is 30.6 Å². The van der Waals surface area contributed by atoms with Gasteiger partial charge in [-0.2, -0.15) is 0 Å². The van der Waals surface area contributed by atoms with Crippen LogP contribution in [0, 0.1) is 5.92 Å². The first-order valence-electron chi connectivity index (χ1n) is 7.95. The van der Waals surface area contributed by atoms with E-state index in [1.165, 1.54) is 16.9 Å². The molecule has 1 atom stereocenters. The lowest BCUT2D eigenvalue weighted by Gasteiger charge is -2.18. The molecule has 0 saturated carbocycles. The van der Waals surface area contributed by atoms with Crippen molar-refractivity contribution in [1.29, 1.82) is 0 Å². The molecule has 5 nitrogen and oxygen atoms in total. The monoisotopic (exact) mass is 339 g/mol. The standard InChI is InChI=1S/C18H17N3O2S/c1-10-2-7-13-14(8-10)24-18-15(13)17(20-9-21-18)23-12-5-3-11(4-6-12)16(19)22/h3-6,9-10H,2,7-8H2,1H3,(H2,19,22)/t10-/m1/s1. The van der Waals surface area contributed by atoms with Crippen molar-refractivity contribution in [2.75, 3.05) is 0 Å². The number of thiophene rings is 1. The van der Waals surface area contributed by atoms with Crippen molar-refractivity contribution in [2.45, 2.75) is 26.2 Å². The van der Waals surface area contributed by atoms with Crippen LogP contribution in [0.4, 0.5) is 0 Å². The zero-order chi connectivity index (χ0) is 16.7. The Bertz CT molecular complexity index is 918. The predicted octanol–water partition coefficient (Wildman–Crippen LogP) is 3.71. The molecule has 1 amide bonds. The highest BCUT2D eigenvalue weighted by Crippen LogP contribution is 2.41. The number of nitrogens with zero attached hydrogens (tertiary/aromatic N) is 2. The van der Waals surface area contributed by atoms with Crippen LogP contribution in [0.3, 0.4) is 0 Å². The second-order valence-electron chi connectivity index (χ2n) is 6.20. The fourth-order valence-electron chi connectivity index (χ4n) is 3.12. The molecular formula is C18H17N3O2S. The molecule has 0 aliphatic heterocycles. The Morgan fingerprint density at radius 3 is 2.83 bits per heavy atom. The van der Waals surface area contributed by atoms with Gasteiger partial charge >= 0.3 is 0 Å². The lowest BCUT2D eigenvalue weighted by molar-refractivity contribution is 0.100. The minimum absolute atomic E-state index is 0.452. The molecule has 0 spiro atoms. The summed E-state index contributed by atoms with van der Waals surface area (Å²) in [6, 6.07) is 6.77.